The van der Waals surface area contributed by atoms with Crippen molar-refractivity contribution in [1.82, 2.24) is 0 Å². The van der Waals surface area contributed by atoms with Crippen molar-refractivity contribution >= 4 is 53.2 Å². The van der Waals surface area contributed by atoms with E-state index in [9.17, 15) is 9.59 Å². The van der Waals surface area contributed by atoms with Crippen molar-refractivity contribution in [3.63, 3.8) is 0 Å². The van der Waals surface area contributed by atoms with E-state index in [4.69, 9.17) is 10.2 Å². The SMILES string of the molecule is C/C=C\C(CC(C)SSSSc1ccccc1C(=O)[OH2+])C(=O)O. The first-order chi connectivity index (χ1) is 11.0. The maximum atomic E-state index is 11.2. The minimum absolute atomic E-state index is 0.193. The van der Waals surface area contributed by atoms with Gasteiger partial charge in [0.2, 0.25) is 0 Å². The van der Waals surface area contributed by atoms with Crippen LogP contribution in [-0.2, 0) is 4.79 Å². The molecule has 0 saturated heterocycles. The maximum Gasteiger partial charge on any atom is 0.550 e. The van der Waals surface area contributed by atoms with Crippen LogP contribution in [0, 0.1) is 5.92 Å². The Bertz CT molecular complexity index is 562. The van der Waals surface area contributed by atoms with E-state index in [0.29, 0.717) is 12.0 Å². The van der Waals surface area contributed by atoms with E-state index in [1.54, 1.807) is 44.9 Å². The molecule has 0 aliphatic rings. The molecule has 0 amide bonds. The Labute approximate surface area is 151 Å². The molecule has 0 fully saturated rings. The van der Waals surface area contributed by atoms with Crippen molar-refractivity contribution in [2.24, 2.45) is 5.92 Å². The largest absolute Gasteiger partial charge is 0.561 e. The van der Waals surface area contributed by atoms with E-state index in [-0.39, 0.29) is 5.25 Å². The van der Waals surface area contributed by atoms with Crippen LogP contribution in [0.3, 0.4) is 0 Å². The minimum atomic E-state index is -0.800. The van der Waals surface area contributed by atoms with Gasteiger partial charge in [0.25, 0.3) is 0 Å². The van der Waals surface area contributed by atoms with Gasteiger partial charge in [0.15, 0.2) is 0 Å². The van der Waals surface area contributed by atoms with Crippen LogP contribution in [0.4, 0.5) is 0 Å². The maximum absolute atomic E-state index is 11.2. The number of carbonyl (C=O) groups is 2. The fourth-order valence-electron chi connectivity index (χ4n) is 1.75. The molecule has 0 aliphatic carbocycles. The molecule has 0 heterocycles. The van der Waals surface area contributed by atoms with Gasteiger partial charge in [-0.25, -0.2) is 0 Å². The molecule has 0 aromatic heterocycles. The third-order valence-electron chi connectivity index (χ3n) is 2.81. The molecule has 8 heteroatoms. The van der Waals surface area contributed by atoms with Crippen LogP contribution in [0.5, 0.6) is 0 Å². The average Bonchev–Trinajstić information content (AvgIpc) is 2.51. The van der Waals surface area contributed by atoms with E-state index in [1.807, 2.05) is 26.0 Å². The van der Waals surface area contributed by atoms with Crippen LogP contribution >= 0.6 is 41.2 Å². The number of allylic oxidation sites excluding steroid dienone is 1. The molecule has 2 unspecified atom stereocenters. The van der Waals surface area contributed by atoms with Crippen LogP contribution in [0.25, 0.3) is 0 Å². The molecule has 0 spiro atoms. The summed E-state index contributed by atoms with van der Waals surface area (Å²) < 4.78 is 0. The molecule has 0 saturated carbocycles. The van der Waals surface area contributed by atoms with Crippen molar-refractivity contribution in [3.8, 4) is 0 Å². The standard InChI is InChI=1S/C15H18O4S4/c1-3-6-11(14(16)17)9-10(2)20-22-23-21-13-8-5-4-7-12(13)15(18)19/h3-8,10-11H,9H2,1-2H3,(H,16,17)(H,18,19)/p+1/b6-3-. The third kappa shape index (κ3) is 7.60. The summed E-state index contributed by atoms with van der Waals surface area (Å²) in [6.07, 6.45) is 4.05. The first kappa shape index (κ1) is 20.3. The van der Waals surface area contributed by atoms with Crippen molar-refractivity contribution < 1.29 is 19.8 Å². The van der Waals surface area contributed by atoms with Crippen LogP contribution in [0.2, 0.25) is 0 Å². The van der Waals surface area contributed by atoms with Gasteiger partial charge in [-0.05, 0) is 55.9 Å². The number of carbonyl (C=O) groups excluding carboxylic acids is 1. The van der Waals surface area contributed by atoms with Gasteiger partial charge >= 0.3 is 11.9 Å². The number of carboxylic acid groups (broad SMARTS) is 1. The summed E-state index contributed by atoms with van der Waals surface area (Å²) in [7, 11) is 6.12. The Morgan fingerprint density at radius 3 is 2.61 bits per heavy atom. The van der Waals surface area contributed by atoms with Gasteiger partial charge in [0.05, 0.1) is 5.92 Å². The highest BCUT2D eigenvalue weighted by Crippen LogP contribution is 2.49. The number of benzene rings is 1. The van der Waals surface area contributed by atoms with Gasteiger partial charge in [0, 0.05) is 14.9 Å². The molecule has 3 N–H and O–H groups in total. The highest BCUT2D eigenvalue weighted by atomic mass is 33.7. The van der Waals surface area contributed by atoms with E-state index in [2.05, 4.69) is 0 Å². The lowest BCUT2D eigenvalue weighted by Crippen LogP contribution is -2.15. The number of hydrogen-bond donors (Lipinski definition) is 1. The fourth-order valence-corrected chi connectivity index (χ4v) is 8.18. The molecule has 1 rings (SSSR count). The van der Waals surface area contributed by atoms with Gasteiger partial charge in [0.1, 0.15) is 5.56 Å². The lowest BCUT2D eigenvalue weighted by Gasteiger charge is -2.13. The average molecular weight is 392 g/mol. The topological polar surface area (TPSA) is 77.3 Å². The zero-order valence-corrected chi connectivity index (χ0v) is 16.0. The van der Waals surface area contributed by atoms with Crippen LogP contribution in [0.15, 0.2) is 41.3 Å². The zero-order valence-electron chi connectivity index (χ0n) is 12.7. The number of carboxylic acids is 1. The second-order valence-electron chi connectivity index (χ2n) is 4.66. The Kier molecular flexibility index (Phi) is 9.69. The summed E-state index contributed by atoms with van der Waals surface area (Å²) in [4.78, 5) is 23.1. The fraction of sp³-hybridized carbons (Fsp3) is 0.333. The minimum Gasteiger partial charge on any atom is -0.561 e. The molecule has 0 bridgehead atoms. The third-order valence-corrected chi connectivity index (χ3v) is 9.52. The van der Waals surface area contributed by atoms with Crippen molar-refractivity contribution in [2.45, 2.75) is 30.4 Å². The molecular weight excluding hydrogens is 372 g/mol. The van der Waals surface area contributed by atoms with Gasteiger partial charge in [-0.1, -0.05) is 42.0 Å². The molecule has 1 aromatic carbocycles. The van der Waals surface area contributed by atoms with Gasteiger partial charge in [-0.2, -0.15) is 0 Å². The molecule has 126 valence electrons. The van der Waals surface area contributed by atoms with Crippen molar-refractivity contribution in [2.75, 3.05) is 0 Å². The number of aliphatic carboxylic acids is 1. The monoisotopic (exact) mass is 391 g/mol. The Hall–Kier alpha value is -0.700. The van der Waals surface area contributed by atoms with E-state index in [1.165, 1.54) is 20.6 Å². The predicted octanol–water partition coefficient (Wildman–Crippen LogP) is 4.64. The Morgan fingerprint density at radius 2 is 2.00 bits per heavy atom. The van der Waals surface area contributed by atoms with Crippen molar-refractivity contribution in [3.05, 3.63) is 42.0 Å². The van der Waals surface area contributed by atoms with Gasteiger partial charge in [-0.3, -0.25) is 4.79 Å². The second-order valence-corrected chi connectivity index (χ2v) is 10.9. The smallest absolute Gasteiger partial charge is 0.550 e. The summed E-state index contributed by atoms with van der Waals surface area (Å²) in [5.74, 6) is -1.94. The normalized spacial score (nSPS) is 13.8. The van der Waals surface area contributed by atoms with E-state index < -0.39 is 17.9 Å². The lowest BCUT2D eigenvalue weighted by atomic mass is 10.0. The highest BCUT2D eigenvalue weighted by molar-refractivity contribution is 9.26. The van der Waals surface area contributed by atoms with E-state index in [0.717, 1.165) is 4.90 Å². The first-order valence-electron chi connectivity index (χ1n) is 6.83. The molecule has 0 radical (unpaired) electrons. The van der Waals surface area contributed by atoms with Crippen LogP contribution in [-0.4, -0.2) is 27.4 Å². The summed E-state index contributed by atoms with van der Waals surface area (Å²) in [5, 5.41) is 16.6. The molecular formula is C15H19O4S4+. The number of hydrogen-bond acceptors (Lipinski definition) is 6. The van der Waals surface area contributed by atoms with Gasteiger partial charge < -0.3 is 10.2 Å². The highest BCUT2D eigenvalue weighted by Gasteiger charge is 2.19. The quantitative estimate of drug-likeness (QED) is 0.269. The van der Waals surface area contributed by atoms with Gasteiger partial charge in [-0.15, -0.1) is 0 Å². The summed E-state index contributed by atoms with van der Waals surface area (Å²) in [5.41, 5.74) is 0.405. The summed E-state index contributed by atoms with van der Waals surface area (Å²) >= 11 is 0. The molecule has 0 aliphatic heterocycles. The first-order valence-corrected chi connectivity index (χ1v) is 11.7. The number of rotatable bonds is 10. The van der Waals surface area contributed by atoms with Crippen LogP contribution in [0.1, 0.15) is 30.6 Å². The molecule has 4 nitrogen and oxygen atoms in total. The predicted molar refractivity (Wildman–Crippen MR) is 103 cm³/mol. The van der Waals surface area contributed by atoms with Crippen LogP contribution < -0.4 is 0 Å². The van der Waals surface area contributed by atoms with Crippen molar-refractivity contribution in [1.29, 1.82) is 0 Å². The lowest BCUT2D eigenvalue weighted by molar-refractivity contribution is -0.140. The Balaban J connectivity index is 2.40. The zero-order chi connectivity index (χ0) is 17.2. The second kappa shape index (κ2) is 11.0. The summed E-state index contributed by atoms with van der Waals surface area (Å²) in [6.45, 7) is 3.82. The Morgan fingerprint density at radius 1 is 1.30 bits per heavy atom. The molecule has 23 heavy (non-hydrogen) atoms. The molecule has 2 atom stereocenters. The molecule has 1 aromatic rings. The van der Waals surface area contributed by atoms with E-state index >= 15 is 0 Å². The summed E-state index contributed by atoms with van der Waals surface area (Å²) in [6, 6.07) is 7.05.